The van der Waals surface area contributed by atoms with Crippen LogP contribution in [-0.2, 0) is 11.3 Å². The average molecular weight is 267 g/mol. The molecule has 0 radical (unpaired) electrons. The number of hydrogen-bond donors (Lipinski definition) is 1. The van der Waals surface area contributed by atoms with Crippen molar-refractivity contribution in [1.82, 2.24) is 5.32 Å². The lowest BCUT2D eigenvalue weighted by Crippen LogP contribution is -2.13. The lowest BCUT2D eigenvalue weighted by Gasteiger charge is -2.10. The van der Waals surface area contributed by atoms with Gasteiger partial charge in [-0.15, -0.1) is 0 Å². The van der Waals surface area contributed by atoms with Crippen molar-refractivity contribution in [3.63, 3.8) is 0 Å². The third kappa shape index (κ3) is 3.47. The Kier molecular flexibility index (Phi) is 4.46. The molecule has 1 fully saturated rings. The summed E-state index contributed by atoms with van der Waals surface area (Å²) in [6.07, 6.45) is 1.24. The quantitative estimate of drug-likeness (QED) is 0.895. The van der Waals surface area contributed by atoms with E-state index in [1.165, 1.54) is 23.1 Å². The second-order valence-electron chi connectivity index (χ2n) is 5.44. The molecule has 2 nitrogen and oxygen atoms in total. The van der Waals surface area contributed by atoms with Gasteiger partial charge in [-0.05, 0) is 35.6 Å². The third-order valence-corrected chi connectivity index (χ3v) is 3.85. The minimum Gasteiger partial charge on any atom is -0.376 e. The molecule has 1 aliphatic heterocycles. The number of rotatable bonds is 5. The summed E-state index contributed by atoms with van der Waals surface area (Å²) in [5.41, 5.74) is 3.77. The highest BCUT2D eigenvalue weighted by atomic mass is 16.5. The maximum absolute atomic E-state index is 5.81. The summed E-state index contributed by atoms with van der Waals surface area (Å²) in [5, 5.41) is 3.37. The van der Waals surface area contributed by atoms with E-state index in [4.69, 9.17) is 4.74 Å². The first kappa shape index (κ1) is 13.3. The Morgan fingerprint density at radius 3 is 2.40 bits per heavy atom. The Balaban J connectivity index is 1.53. The van der Waals surface area contributed by atoms with Crippen LogP contribution in [0.4, 0.5) is 0 Å². The highest BCUT2D eigenvalue weighted by Gasteiger charge is 2.13. The first-order chi connectivity index (χ1) is 9.92. The van der Waals surface area contributed by atoms with Gasteiger partial charge in [0.15, 0.2) is 0 Å². The summed E-state index contributed by atoms with van der Waals surface area (Å²) in [6.45, 7) is 3.83. The van der Waals surface area contributed by atoms with Gasteiger partial charge in [0.05, 0.1) is 13.2 Å². The van der Waals surface area contributed by atoms with E-state index < -0.39 is 0 Å². The highest BCUT2D eigenvalue weighted by molar-refractivity contribution is 5.63. The van der Waals surface area contributed by atoms with Gasteiger partial charge in [-0.1, -0.05) is 54.6 Å². The van der Waals surface area contributed by atoms with Crippen molar-refractivity contribution in [1.29, 1.82) is 0 Å². The fourth-order valence-electron chi connectivity index (χ4n) is 2.62. The molecule has 1 heterocycles. The summed E-state index contributed by atoms with van der Waals surface area (Å²) >= 11 is 0. The summed E-state index contributed by atoms with van der Waals surface area (Å²) < 4.78 is 5.81. The molecular weight excluding hydrogens is 246 g/mol. The Labute approximate surface area is 120 Å². The molecular formula is C18H21NO. The highest BCUT2D eigenvalue weighted by Crippen LogP contribution is 2.19. The zero-order valence-corrected chi connectivity index (χ0v) is 11.7. The normalized spacial score (nSPS) is 18.3. The first-order valence-electron chi connectivity index (χ1n) is 7.34. The first-order valence-corrected chi connectivity index (χ1v) is 7.34. The smallest absolute Gasteiger partial charge is 0.0717 e. The van der Waals surface area contributed by atoms with Crippen LogP contribution in [0.25, 0.3) is 11.1 Å². The van der Waals surface area contributed by atoms with E-state index in [0.717, 1.165) is 19.7 Å². The van der Waals surface area contributed by atoms with Gasteiger partial charge in [-0.2, -0.15) is 0 Å². The molecule has 20 heavy (non-hydrogen) atoms. The van der Waals surface area contributed by atoms with Crippen LogP contribution < -0.4 is 5.32 Å². The molecule has 2 heteroatoms. The largest absolute Gasteiger partial charge is 0.376 e. The number of ether oxygens (including phenoxy) is 1. The molecule has 1 atom stereocenters. The van der Waals surface area contributed by atoms with Crippen molar-refractivity contribution >= 4 is 0 Å². The van der Waals surface area contributed by atoms with Crippen LogP contribution >= 0.6 is 0 Å². The predicted molar refractivity (Wildman–Crippen MR) is 82.5 cm³/mol. The monoisotopic (exact) mass is 267 g/mol. The minimum atomic E-state index is 0.693. The molecule has 1 N–H and O–H groups in total. The molecule has 104 valence electrons. The Morgan fingerprint density at radius 1 is 0.950 bits per heavy atom. The van der Waals surface area contributed by atoms with Gasteiger partial charge in [-0.3, -0.25) is 0 Å². The molecule has 0 unspecified atom stereocenters. The van der Waals surface area contributed by atoms with Crippen molar-refractivity contribution in [3.8, 4) is 11.1 Å². The summed E-state index contributed by atoms with van der Waals surface area (Å²) in [7, 11) is 0. The number of nitrogens with one attached hydrogen (secondary N) is 1. The van der Waals surface area contributed by atoms with Gasteiger partial charge in [0, 0.05) is 6.54 Å². The zero-order valence-electron chi connectivity index (χ0n) is 11.7. The molecule has 1 aliphatic rings. The molecule has 0 amide bonds. The van der Waals surface area contributed by atoms with Crippen molar-refractivity contribution < 1.29 is 4.74 Å². The zero-order chi connectivity index (χ0) is 13.6. The number of hydrogen-bond acceptors (Lipinski definition) is 2. The van der Waals surface area contributed by atoms with E-state index in [9.17, 15) is 0 Å². The van der Waals surface area contributed by atoms with Gasteiger partial charge >= 0.3 is 0 Å². The van der Waals surface area contributed by atoms with Crippen molar-refractivity contribution in [2.45, 2.75) is 13.0 Å². The van der Waals surface area contributed by atoms with Gasteiger partial charge in [-0.25, -0.2) is 0 Å². The van der Waals surface area contributed by atoms with E-state index in [-0.39, 0.29) is 0 Å². The Hall–Kier alpha value is -1.64. The van der Waals surface area contributed by atoms with E-state index in [1.807, 2.05) is 6.07 Å². The van der Waals surface area contributed by atoms with Crippen molar-refractivity contribution in [2.75, 3.05) is 19.7 Å². The van der Waals surface area contributed by atoms with Crippen LogP contribution in [0.3, 0.4) is 0 Å². The maximum atomic E-state index is 5.81. The van der Waals surface area contributed by atoms with Gasteiger partial charge < -0.3 is 10.1 Å². The lowest BCUT2D eigenvalue weighted by molar-refractivity contribution is 0.0925. The van der Waals surface area contributed by atoms with E-state index in [2.05, 4.69) is 53.8 Å². The SMILES string of the molecule is c1ccc(-c2ccc(COC[C@@H]3CCNC3)cc2)cc1. The third-order valence-electron chi connectivity index (χ3n) is 3.85. The van der Waals surface area contributed by atoms with Crippen LogP contribution in [0.1, 0.15) is 12.0 Å². The number of benzene rings is 2. The second kappa shape index (κ2) is 6.69. The molecule has 0 saturated carbocycles. The Morgan fingerprint density at radius 2 is 1.70 bits per heavy atom. The minimum absolute atomic E-state index is 0.693. The molecule has 2 aromatic carbocycles. The summed E-state index contributed by atoms with van der Waals surface area (Å²) in [6, 6.07) is 19.1. The lowest BCUT2D eigenvalue weighted by atomic mass is 10.0. The van der Waals surface area contributed by atoms with E-state index in [0.29, 0.717) is 12.5 Å². The molecule has 0 aliphatic carbocycles. The van der Waals surface area contributed by atoms with Crippen LogP contribution in [0.15, 0.2) is 54.6 Å². The topological polar surface area (TPSA) is 21.3 Å². The van der Waals surface area contributed by atoms with Crippen molar-refractivity contribution in [3.05, 3.63) is 60.2 Å². The van der Waals surface area contributed by atoms with Crippen molar-refractivity contribution in [2.24, 2.45) is 5.92 Å². The molecule has 2 aromatic rings. The van der Waals surface area contributed by atoms with E-state index >= 15 is 0 Å². The maximum Gasteiger partial charge on any atom is 0.0717 e. The fourth-order valence-corrected chi connectivity index (χ4v) is 2.62. The predicted octanol–water partition coefficient (Wildman–Crippen LogP) is 3.48. The van der Waals surface area contributed by atoms with Crippen LogP contribution in [0.5, 0.6) is 0 Å². The Bertz CT molecular complexity index is 515. The second-order valence-corrected chi connectivity index (χ2v) is 5.44. The summed E-state index contributed by atoms with van der Waals surface area (Å²) in [4.78, 5) is 0. The molecule has 0 bridgehead atoms. The average Bonchev–Trinajstić information content (AvgIpc) is 3.02. The fraction of sp³-hybridized carbons (Fsp3) is 0.333. The summed E-state index contributed by atoms with van der Waals surface area (Å²) in [5.74, 6) is 0.693. The molecule has 0 aromatic heterocycles. The van der Waals surface area contributed by atoms with Gasteiger partial charge in [0.1, 0.15) is 0 Å². The van der Waals surface area contributed by atoms with Gasteiger partial charge in [0.2, 0.25) is 0 Å². The van der Waals surface area contributed by atoms with Crippen LogP contribution in [0.2, 0.25) is 0 Å². The molecule has 3 rings (SSSR count). The molecule has 0 spiro atoms. The van der Waals surface area contributed by atoms with E-state index in [1.54, 1.807) is 0 Å². The van der Waals surface area contributed by atoms with Gasteiger partial charge in [0.25, 0.3) is 0 Å². The van der Waals surface area contributed by atoms with Crippen LogP contribution in [0, 0.1) is 5.92 Å². The van der Waals surface area contributed by atoms with Crippen LogP contribution in [-0.4, -0.2) is 19.7 Å². The standard InChI is InChI=1S/C18H21NO/c1-2-4-17(5-3-1)18-8-6-15(7-9-18)13-20-14-16-10-11-19-12-16/h1-9,16,19H,10-14H2/t16-/m1/s1. The molecule has 1 saturated heterocycles.